The number of hydrogen-bond acceptors (Lipinski definition) is 3. The van der Waals surface area contributed by atoms with Gasteiger partial charge >= 0.3 is 5.97 Å². The van der Waals surface area contributed by atoms with Crippen LogP contribution in [0.5, 0.6) is 5.75 Å². The Morgan fingerprint density at radius 1 is 1.37 bits per heavy atom. The van der Waals surface area contributed by atoms with Crippen LogP contribution in [0.2, 0.25) is 0 Å². The summed E-state index contributed by atoms with van der Waals surface area (Å²) in [5, 5.41) is 28.2. The largest absolute Gasteiger partial charge is 0.507 e. The number of aromatic hydroxyl groups is 1. The Morgan fingerprint density at radius 3 is 2.47 bits per heavy atom. The lowest BCUT2D eigenvalue weighted by Crippen LogP contribution is -2.17. The first-order chi connectivity index (χ1) is 8.70. The lowest BCUT2D eigenvalue weighted by Gasteiger charge is -2.15. The third-order valence-corrected chi connectivity index (χ3v) is 2.88. The molecule has 1 aromatic rings. The molecule has 3 N–H and O–H groups in total. The molecule has 0 bridgehead atoms. The SMILES string of the molecule is CC(=CCCC(C)(C)O)c1ccc(C(=O)O)cc1O. The number of rotatable bonds is 5. The van der Waals surface area contributed by atoms with Gasteiger partial charge in [-0.15, -0.1) is 0 Å². The van der Waals surface area contributed by atoms with Crippen molar-refractivity contribution >= 4 is 11.5 Å². The van der Waals surface area contributed by atoms with E-state index in [0.29, 0.717) is 18.4 Å². The van der Waals surface area contributed by atoms with Crippen LogP contribution in [0.15, 0.2) is 24.3 Å². The molecule has 0 spiro atoms. The lowest BCUT2D eigenvalue weighted by atomic mass is 9.99. The van der Waals surface area contributed by atoms with Crippen LogP contribution in [0.3, 0.4) is 0 Å². The Bertz CT molecular complexity index is 495. The lowest BCUT2D eigenvalue weighted by molar-refractivity contribution is 0.0694. The fraction of sp³-hybridized carbons (Fsp3) is 0.400. The summed E-state index contributed by atoms with van der Waals surface area (Å²) in [5.74, 6) is -1.11. The average molecular weight is 264 g/mol. The molecule has 0 aliphatic carbocycles. The smallest absolute Gasteiger partial charge is 0.335 e. The molecule has 0 fully saturated rings. The van der Waals surface area contributed by atoms with E-state index in [1.54, 1.807) is 19.9 Å². The Morgan fingerprint density at radius 2 is 2.00 bits per heavy atom. The molecular weight excluding hydrogens is 244 g/mol. The molecule has 0 atom stereocenters. The molecule has 19 heavy (non-hydrogen) atoms. The fourth-order valence-corrected chi connectivity index (χ4v) is 1.75. The van der Waals surface area contributed by atoms with Crippen LogP contribution < -0.4 is 0 Å². The van der Waals surface area contributed by atoms with Crippen LogP contribution in [-0.2, 0) is 0 Å². The van der Waals surface area contributed by atoms with Gasteiger partial charge in [-0.3, -0.25) is 0 Å². The minimum absolute atomic E-state index is 0.0445. The summed E-state index contributed by atoms with van der Waals surface area (Å²) in [6.45, 7) is 5.34. The Kier molecular flexibility index (Phi) is 4.72. The minimum Gasteiger partial charge on any atom is -0.507 e. The van der Waals surface area contributed by atoms with Gasteiger partial charge in [-0.05, 0) is 51.3 Å². The van der Waals surface area contributed by atoms with Crippen LogP contribution in [0, 0.1) is 0 Å². The summed E-state index contributed by atoms with van der Waals surface area (Å²) in [6, 6.07) is 4.30. The molecule has 0 saturated heterocycles. The number of phenolic OH excluding ortho intramolecular Hbond substituents is 1. The summed E-state index contributed by atoms with van der Waals surface area (Å²) in [4.78, 5) is 10.8. The summed E-state index contributed by atoms with van der Waals surface area (Å²) >= 11 is 0. The van der Waals surface area contributed by atoms with E-state index in [0.717, 1.165) is 5.57 Å². The predicted molar refractivity (Wildman–Crippen MR) is 74.2 cm³/mol. The minimum atomic E-state index is -1.06. The van der Waals surface area contributed by atoms with Crippen molar-refractivity contribution in [1.29, 1.82) is 0 Å². The van der Waals surface area contributed by atoms with E-state index in [1.807, 2.05) is 13.0 Å². The highest BCUT2D eigenvalue weighted by atomic mass is 16.4. The average Bonchev–Trinajstić information content (AvgIpc) is 2.26. The number of hydrogen-bond donors (Lipinski definition) is 3. The van der Waals surface area contributed by atoms with Crippen LogP contribution in [-0.4, -0.2) is 26.9 Å². The second-order valence-electron chi connectivity index (χ2n) is 5.28. The quantitative estimate of drug-likeness (QED) is 0.763. The second-order valence-corrected chi connectivity index (χ2v) is 5.28. The zero-order valence-corrected chi connectivity index (χ0v) is 11.5. The molecule has 4 nitrogen and oxygen atoms in total. The van der Waals surface area contributed by atoms with E-state index in [2.05, 4.69) is 0 Å². The molecule has 0 aliphatic heterocycles. The molecule has 0 saturated carbocycles. The molecule has 0 radical (unpaired) electrons. The van der Waals surface area contributed by atoms with Gasteiger partial charge in [0.25, 0.3) is 0 Å². The number of benzene rings is 1. The molecule has 1 rings (SSSR count). The van der Waals surface area contributed by atoms with Gasteiger partial charge in [0.2, 0.25) is 0 Å². The number of carbonyl (C=O) groups is 1. The number of aromatic carboxylic acids is 1. The van der Waals surface area contributed by atoms with E-state index in [-0.39, 0.29) is 11.3 Å². The highest BCUT2D eigenvalue weighted by Crippen LogP contribution is 2.27. The Hall–Kier alpha value is -1.81. The first-order valence-electron chi connectivity index (χ1n) is 6.16. The standard InChI is InChI=1S/C15H20O4/c1-10(5-4-8-15(2,3)19)12-7-6-11(14(17)18)9-13(12)16/h5-7,9,16,19H,4,8H2,1-3H3,(H,17,18). The number of aliphatic hydroxyl groups is 1. The molecule has 0 amide bonds. The number of allylic oxidation sites excluding steroid dienone is 2. The van der Waals surface area contributed by atoms with E-state index < -0.39 is 11.6 Å². The first kappa shape index (κ1) is 15.2. The number of carboxylic acids is 1. The maximum atomic E-state index is 10.8. The van der Waals surface area contributed by atoms with E-state index >= 15 is 0 Å². The zero-order chi connectivity index (χ0) is 14.6. The van der Waals surface area contributed by atoms with Crippen molar-refractivity contribution in [3.05, 3.63) is 35.4 Å². The molecule has 0 aromatic heterocycles. The van der Waals surface area contributed by atoms with Crippen LogP contribution in [0.4, 0.5) is 0 Å². The molecule has 0 unspecified atom stereocenters. The van der Waals surface area contributed by atoms with Crippen molar-refractivity contribution in [3.63, 3.8) is 0 Å². The predicted octanol–water partition coefficient (Wildman–Crippen LogP) is 3.04. The van der Waals surface area contributed by atoms with Gasteiger partial charge in [0, 0.05) is 5.56 Å². The van der Waals surface area contributed by atoms with Gasteiger partial charge in [0.1, 0.15) is 5.75 Å². The third-order valence-electron chi connectivity index (χ3n) is 2.88. The monoisotopic (exact) mass is 264 g/mol. The van der Waals surface area contributed by atoms with Gasteiger partial charge in [-0.25, -0.2) is 4.79 Å². The van der Waals surface area contributed by atoms with Gasteiger partial charge in [-0.2, -0.15) is 0 Å². The van der Waals surface area contributed by atoms with Gasteiger partial charge in [0.15, 0.2) is 0 Å². The Labute approximate surface area is 113 Å². The highest BCUT2D eigenvalue weighted by Gasteiger charge is 2.12. The molecular formula is C15H20O4. The first-order valence-corrected chi connectivity index (χ1v) is 6.16. The normalized spacial score (nSPS) is 12.5. The van der Waals surface area contributed by atoms with Crippen LogP contribution in [0.25, 0.3) is 5.57 Å². The summed E-state index contributed by atoms with van der Waals surface area (Å²) < 4.78 is 0. The summed E-state index contributed by atoms with van der Waals surface area (Å²) in [6.07, 6.45) is 3.24. The third kappa shape index (κ3) is 4.75. The highest BCUT2D eigenvalue weighted by molar-refractivity contribution is 5.89. The second kappa shape index (κ2) is 5.89. The van der Waals surface area contributed by atoms with Crippen molar-refractivity contribution in [3.8, 4) is 5.75 Å². The summed E-state index contributed by atoms with van der Waals surface area (Å²) in [7, 11) is 0. The molecule has 0 aliphatic rings. The molecule has 0 heterocycles. The topological polar surface area (TPSA) is 77.8 Å². The van der Waals surface area contributed by atoms with E-state index in [9.17, 15) is 15.0 Å². The van der Waals surface area contributed by atoms with Gasteiger partial charge in [-0.1, -0.05) is 12.1 Å². The van der Waals surface area contributed by atoms with Crippen molar-refractivity contribution in [2.24, 2.45) is 0 Å². The maximum Gasteiger partial charge on any atom is 0.335 e. The van der Waals surface area contributed by atoms with Crippen LogP contribution >= 0.6 is 0 Å². The van der Waals surface area contributed by atoms with E-state index in [4.69, 9.17) is 5.11 Å². The van der Waals surface area contributed by atoms with E-state index in [1.165, 1.54) is 12.1 Å². The molecule has 104 valence electrons. The number of phenols is 1. The zero-order valence-electron chi connectivity index (χ0n) is 11.5. The fourth-order valence-electron chi connectivity index (χ4n) is 1.75. The van der Waals surface area contributed by atoms with Gasteiger partial charge in [0.05, 0.1) is 11.2 Å². The Balaban J connectivity index is 2.85. The molecule has 4 heteroatoms. The van der Waals surface area contributed by atoms with Gasteiger partial charge < -0.3 is 15.3 Å². The van der Waals surface area contributed by atoms with Crippen molar-refractivity contribution in [2.75, 3.05) is 0 Å². The maximum absolute atomic E-state index is 10.8. The van der Waals surface area contributed by atoms with Crippen LogP contribution in [0.1, 0.15) is 49.5 Å². The van der Waals surface area contributed by atoms with Crippen molar-refractivity contribution in [1.82, 2.24) is 0 Å². The molecule has 1 aromatic carbocycles. The van der Waals surface area contributed by atoms with Crippen molar-refractivity contribution in [2.45, 2.75) is 39.2 Å². The van der Waals surface area contributed by atoms with Crippen molar-refractivity contribution < 1.29 is 20.1 Å². The number of carboxylic acid groups (broad SMARTS) is 1. The summed E-state index contributed by atoms with van der Waals surface area (Å²) in [5.41, 5.74) is 0.816.